The number of benzene rings is 3. The molecule has 122 valence electrons. The van der Waals surface area contributed by atoms with E-state index in [-0.39, 0.29) is 0 Å². The minimum Gasteiger partial charge on any atom is -0.497 e. The van der Waals surface area contributed by atoms with Crippen molar-refractivity contribution >= 4 is 10.8 Å². The van der Waals surface area contributed by atoms with E-state index in [4.69, 9.17) is 9.47 Å². The average molecular weight is 328 g/mol. The quantitative estimate of drug-likeness (QED) is 0.523. The monoisotopic (exact) mass is 328 g/mol. The molecule has 4 nitrogen and oxygen atoms in total. The summed E-state index contributed by atoms with van der Waals surface area (Å²) in [6.45, 7) is 0. The average Bonchev–Trinajstić information content (AvgIpc) is 2.69. The van der Waals surface area contributed by atoms with Gasteiger partial charge in [-0.15, -0.1) is 10.2 Å². The second-order valence-electron chi connectivity index (χ2n) is 5.55. The zero-order chi connectivity index (χ0) is 17.1. The van der Waals surface area contributed by atoms with E-state index in [1.165, 1.54) is 0 Å². The number of nitrogens with zero attached hydrogens (tertiary/aromatic N) is 2. The van der Waals surface area contributed by atoms with Crippen molar-refractivity contribution in [3.05, 3.63) is 78.9 Å². The van der Waals surface area contributed by atoms with Crippen molar-refractivity contribution in [2.24, 2.45) is 0 Å². The van der Waals surface area contributed by atoms with Crippen LogP contribution in [0.25, 0.3) is 22.0 Å². The minimum atomic E-state index is 0.475. The molecule has 4 rings (SSSR count). The molecular formula is C21H16N2O2. The van der Waals surface area contributed by atoms with Gasteiger partial charge >= 0.3 is 0 Å². The lowest BCUT2D eigenvalue weighted by Gasteiger charge is -2.11. The number of methoxy groups -OCH3 is 1. The van der Waals surface area contributed by atoms with Gasteiger partial charge in [-0.25, -0.2) is 0 Å². The number of fused-ring (bicyclic) bond motifs is 1. The Morgan fingerprint density at radius 2 is 1.40 bits per heavy atom. The van der Waals surface area contributed by atoms with Crippen molar-refractivity contribution in [1.82, 2.24) is 10.2 Å². The van der Waals surface area contributed by atoms with Gasteiger partial charge in [0.15, 0.2) is 0 Å². The van der Waals surface area contributed by atoms with Gasteiger partial charge in [0.25, 0.3) is 0 Å². The summed E-state index contributed by atoms with van der Waals surface area (Å²) < 4.78 is 11.2. The summed E-state index contributed by atoms with van der Waals surface area (Å²) in [5, 5.41) is 10.6. The lowest BCUT2D eigenvalue weighted by molar-refractivity contribution is 0.407. The standard InChI is InChI=1S/C21H16N2O2/c1-24-16-10-7-11-17(14-16)25-21-19-13-6-5-12-18(19)20(22-23-21)15-8-3-2-4-9-15/h2-14H,1H3. The summed E-state index contributed by atoms with van der Waals surface area (Å²) in [6.07, 6.45) is 0. The van der Waals surface area contributed by atoms with Gasteiger partial charge in [0.2, 0.25) is 5.88 Å². The Balaban J connectivity index is 1.81. The van der Waals surface area contributed by atoms with E-state index in [0.29, 0.717) is 11.6 Å². The molecule has 0 spiro atoms. The molecule has 0 aliphatic heterocycles. The maximum atomic E-state index is 5.97. The second-order valence-corrected chi connectivity index (χ2v) is 5.55. The molecule has 1 aromatic heterocycles. The van der Waals surface area contributed by atoms with Crippen LogP contribution in [0.1, 0.15) is 0 Å². The largest absolute Gasteiger partial charge is 0.497 e. The van der Waals surface area contributed by atoms with Crippen LogP contribution in [-0.4, -0.2) is 17.3 Å². The molecule has 25 heavy (non-hydrogen) atoms. The highest BCUT2D eigenvalue weighted by Gasteiger charge is 2.12. The first kappa shape index (κ1) is 15.1. The summed E-state index contributed by atoms with van der Waals surface area (Å²) in [4.78, 5) is 0. The van der Waals surface area contributed by atoms with Gasteiger partial charge in [-0.2, -0.15) is 0 Å². The van der Waals surface area contributed by atoms with Gasteiger partial charge in [0, 0.05) is 22.4 Å². The fraction of sp³-hybridized carbons (Fsp3) is 0.0476. The first-order valence-corrected chi connectivity index (χ1v) is 7.98. The van der Waals surface area contributed by atoms with Crippen LogP contribution >= 0.6 is 0 Å². The Morgan fingerprint density at radius 1 is 0.680 bits per heavy atom. The molecule has 0 atom stereocenters. The zero-order valence-corrected chi connectivity index (χ0v) is 13.7. The van der Waals surface area contributed by atoms with E-state index in [9.17, 15) is 0 Å². The third kappa shape index (κ3) is 3.02. The number of hydrogen-bond donors (Lipinski definition) is 0. The van der Waals surface area contributed by atoms with Crippen molar-refractivity contribution in [2.45, 2.75) is 0 Å². The Labute approximate surface area is 145 Å². The molecule has 0 saturated carbocycles. The highest BCUT2D eigenvalue weighted by Crippen LogP contribution is 2.33. The van der Waals surface area contributed by atoms with Crippen LogP contribution in [-0.2, 0) is 0 Å². The number of hydrogen-bond acceptors (Lipinski definition) is 4. The first-order valence-electron chi connectivity index (χ1n) is 7.98. The van der Waals surface area contributed by atoms with Gasteiger partial charge < -0.3 is 9.47 Å². The van der Waals surface area contributed by atoms with Gasteiger partial charge in [-0.3, -0.25) is 0 Å². The van der Waals surface area contributed by atoms with Crippen molar-refractivity contribution in [3.63, 3.8) is 0 Å². The summed E-state index contributed by atoms with van der Waals surface area (Å²) in [7, 11) is 1.63. The molecule has 0 radical (unpaired) electrons. The molecule has 1 heterocycles. The topological polar surface area (TPSA) is 44.2 Å². The highest BCUT2D eigenvalue weighted by molar-refractivity contribution is 5.97. The normalized spacial score (nSPS) is 10.6. The van der Waals surface area contributed by atoms with E-state index in [2.05, 4.69) is 10.2 Å². The molecule has 4 heteroatoms. The van der Waals surface area contributed by atoms with Crippen LogP contribution < -0.4 is 9.47 Å². The number of ether oxygens (including phenoxy) is 2. The summed E-state index contributed by atoms with van der Waals surface area (Å²) in [5.74, 6) is 1.87. The predicted octanol–water partition coefficient (Wildman–Crippen LogP) is 5.10. The fourth-order valence-corrected chi connectivity index (χ4v) is 2.74. The van der Waals surface area contributed by atoms with E-state index in [0.717, 1.165) is 27.8 Å². The Kier molecular flexibility index (Phi) is 4.01. The molecule has 0 fully saturated rings. The molecule has 0 N–H and O–H groups in total. The van der Waals surface area contributed by atoms with E-state index < -0.39 is 0 Å². The second kappa shape index (κ2) is 6.61. The van der Waals surface area contributed by atoms with Crippen LogP contribution in [0.5, 0.6) is 17.4 Å². The molecule has 0 aliphatic carbocycles. The van der Waals surface area contributed by atoms with Crippen molar-refractivity contribution in [2.75, 3.05) is 7.11 Å². The van der Waals surface area contributed by atoms with Crippen molar-refractivity contribution in [1.29, 1.82) is 0 Å². The lowest BCUT2D eigenvalue weighted by Crippen LogP contribution is -1.96. The van der Waals surface area contributed by atoms with Crippen LogP contribution in [0.2, 0.25) is 0 Å². The molecule has 3 aromatic carbocycles. The fourth-order valence-electron chi connectivity index (χ4n) is 2.74. The molecular weight excluding hydrogens is 312 g/mol. The smallest absolute Gasteiger partial charge is 0.246 e. The highest BCUT2D eigenvalue weighted by atomic mass is 16.5. The Bertz CT molecular complexity index is 1020. The Hall–Kier alpha value is -3.40. The first-order chi connectivity index (χ1) is 12.3. The number of aromatic nitrogens is 2. The van der Waals surface area contributed by atoms with E-state index in [1.807, 2.05) is 78.9 Å². The molecule has 0 unspecified atom stereocenters. The van der Waals surface area contributed by atoms with Gasteiger partial charge in [-0.05, 0) is 18.2 Å². The molecule has 0 aliphatic rings. The zero-order valence-electron chi connectivity index (χ0n) is 13.7. The van der Waals surface area contributed by atoms with Crippen molar-refractivity contribution in [3.8, 4) is 28.6 Å². The Morgan fingerprint density at radius 3 is 2.20 bits per heavy atom. The lowest BCUT2D eigenvalue weighted by atomic mass is 10.1. The van der Waals surface area contributed by atoms with Crippen LogP contribution in [0, 0.1) is 0 Å². The maximum Gasteiger partial charge on any atom is 0.246 e. The summed E-state index contributed by atoms with van der Waals surface area (Å²) in [5.41, 5.74) is 1.87. The summed E-state index contributed by atoms with van der Waals surface area (Å²) in [6, 6.07) is 25.4. The predicted molar refractivity (Wildman–Crippen MR) is 98.0 cm³/mol. The van der Waals surface area contributed by atoms with Crippen LogP contribution in [0.4, 0.5) is 0 Å². The molecule has 0 bridgehead atoms. The van der Waals surface area contributed by atoms with Gasteiger partial charge in [-0.1, -0.05) is 54.6 Å². The SMILES string of the molecule is COc1cccc(Oc2nnc(-c3ccccc3)c3ccccc23)c1. The van der Waals surface area contributed by atoms with Gasteiger partial charge in [0.1, 0.15) is 17.2 Å². The van der Waals surface area contributed by atoms with Crippen LogP contribution in [0.15, 0.2) is 78.9 Å². The van der Waals surface area contributed by atoms with E-state index in [1.54, 1.807) is 7.11 Å². The van der Waals surface area contributed by atoms with Gasteiger partial charge in [0.05, 0.1) is 7.11 Å². The van der Waals surface area contributed by atoms with Crippen molar-refractivity contribution < 1.29 is 9.47 Å². The molecule has 0 amide bonds. The number of rotatable bonds is 4. The minimum absolute atomic E-state index is 0.475. The maximum absolute atomic E-state index is 5.97. The van der Waals surface area contributed by atoms with E-state index >= 15 is 0 Å². The third-order valence-corrected chi connectivity index (χ3v) is 3.96. The summed E-state index contributed by atoms with van der Waals surface area (Å²) >= 11 is 0. The van der Waals surface area contributed by atoms with Crippen LogP contribution in [0.3, 0.4) is 0 Å². The third-order valence-electron chi connectivity index (χ3n) is 3.96. The molecule has 0 saturated heterocycles. The molecule has 4 aromatic rings.